The Labute approximate surface area is 301 Å². The second-order valence-electron chi connectivity index (χ2n) is 16.5. The Balaban J connectivity index is 0.000000162. The highest BCUT2D eigenvalue weighted by Gasteiger charge is 2.68. The molecule has 2 aromatic rings. The molecule has 0 unspecified atom stereocenters. The number of piperazine rings is 1. The number of carboxylic acid groups (broad SMARTS) is 1. The third kappa shape index (κ3) is 5.44. The Morgan fingerprint density at radius 1 is 1.08 bits per heavy atom. The van der Waals surface area contributed by atoms with Crippen molar-refractivity contribution in [3.8, 4) is 5.75 Å². The van der Waals surface area contributed by atoms with Crippen molar-refractivity contribution in [1.29, 1.82) is 0 Å². The third-order valence-corrected chi connectivity index (χ3v) is 13.8. The monoisotopic (exact) mass is 723 g/mol. The van der Waals surface area contributed by atoms with E-state index in [-0.39, 0.29) is 52.6 Å². The van der Waals surface area contributed by atoms with Gasteiger partial charge in [-0.1, -0.05) is 19.4 Å². The molecule has 6 aliphatic rings. The molecule has 0 amide bonds. The average Bonchev–Trinajstić information content (AvgIpc) is 3.37. The summed E-state index contributed by atoms with van der Waals surface area (Å²) in [4.78, 5) is 52.3. The van der Waals surface area contributed by atoms with E-state index in [1.165, 1.54) is 11.8 Å². The lowest BCUT2D eigenvalue weighted by molar-refractivity contribution is -0.182. The topological polar surface area (TPSA) is 170 Å². The number of fused-ring (bicyclic) bond motifs is 5. The van der Waals surface area contributed by atoms with Crippen molar-refractivity contribution in [2.24, 2.45) is 28.6 Å². The van der Waals surface area contributed by atoms with Crippen LogP contribution in [-0.4, -0.2) is 106 Å². The van der Waals surface area contributed by atoms with Crippen molar-refractivity contribution in [3.63, 3.8) is 0 Å². The summed E-state index contributed by atoms with van der Waals surface area (Å²) in [6, 6.07) is 0.994. The van der Waals surface area contributed by atoms with E-state index in [1.807, 2.05) is 25.8 Å². The molecule has 2 aliphatic heterocycles. The van der Waals surface area contributed by atoms with Gasteiger partial charge in [-0.05, 0) is 87.8 Å². The maximum absolute atomic E-state index is 15.0. The molecule has 4 fully saturated rings. The number of Topliss-reactive ketones (excluding diaryl/α,β-unsaturated/α-hetero) is 1. The number of aromatic nitrogens is 1. The molecule has 4 N–H and O–H groups in total. The highest BCUT2D eigenvalue weighted by atomic mass is 19.1. The number of ketones is 2. The van der Waals surface area contributed by atoms with Gasteiger partial charge in [-0.25, -0.2) is 9.18 Å². The molecular formula is C39H50FN3O9. The first-order valence-electron chi connectivity index (χ1n) is 18.5. The van der Waals surface area contributed by atoms with Gasteiger partial charge in [-0.2, -0.15) is 0 Å². The number of nitrogens with zero attached hydrogens (tertiary/aromatic N) is 3. The molecule has 3 heterocycles. The first-order chi connectivity index (χ1) is 24.6. The van der Waals surface area contributed by atoms with E-state index in [0.29, 0.717) is 49.3 Å². The zero-order valence-electron chi connectivity index (χ0n) is 30.4. The molecule has 4 aliphatic carbocycles. The number of hydrogen-bond acceptors (Lipinski definition) is 10. The predicted octanol–water partition coefficient (Wildman–Crippen LogP) is 3.33. The van der Waals surface area contributed by atoms with Crippen LogP contribution >= 0.6 is 0 Å². The molecule has 0 bridgehead atoms. The molecule has 1 aromatic carbocycles. The number of aromatic carboxylic acids is 1. The van der Waals surface area contributed by atoms with Gasteiger partial charge in [-0.15, -0.1) is 0 Å². The van der Waals surface area contributed by atoms with Crippen LogP contribution < -0.4 is 15.1 Å². The largest absolute Gasteiger partial charge is 0.487 e. The summed E-state index contributed by atoms with van der Waals surface area (Å²) < 4.78 is 22.6. The van der Waals surface area contributed by atoms with Crippen LogP contribution in [0.4, 0.5) is 10.1 Å². The number of carbonyl (C=O) groups excluding carboxylic acids is 2. The van der Waals surface area contributed by atoms with Crippen molar-refractivity contribution in [1.82, 2.24) is 9.47 Å². The van der Waals surface area contributed by atoms with Crippen LogP contribution in [-0.2, 0) is 9.59 Å². The van der Waals surface area contributed by atoms with E-state index < -0.39 is 46.7 Å². The van der Waals surface area contributed by atoms with Gasteiger partial charge in [-0.3, -0.25) is 14.4 Å². The van der Waals surface area contributed by atoms with E-state index in [9.17, 15) is 44.0 Å². The number of carbonyl (C=O) groups is 3. The van der Waals surface area contributed by atoms with Gasteiger partial charge in [0.25, 0.3) is 0 Å². The molecule has 282 valence electrons. The lowest BCUT2D eigenvalue weighted by Crippen LogP contribution is -2.62. The minimum atomic E-state index is -1.54. The Kier molecular flexibility index (Phi) is 9.20. The fourth-order valence-electron chi connectivity index (χ4n) is 11.0. The maximum Gasteiger partial charge on any atom is 0.341 e. The van der Waals surface area contributed by atoms with Crippen molar-refractivity contribution >= 4 is 34.1 Å². The van der Waals surface area contributed by atoms with Gasteiger partial charge in [0, 0.05) is 44.2 Å². The van der Waals surface area contributed by atoms with Crippen LogP contribution in [0.25, 0.3) is 10.9 Å². The van der Waals surface area contributed by atoms with Gasteiger partial charge in [0.1, 0.15) is 30.1 Å². The predicted molar refractivity (Wildman–Crippen MR) is 190 cm³/mol. The number of pyridine rings is 1. The van der Waals surface area contributed by atoms with Crippen LogP contribution in [0, 0.1) is 34.4 Å². The highest BCUT2D eigenvalue weighted by Crippen LogP contribution is 2.67. The van der Waals surface area contributed by atoms with Crippen LogP contribution in [0.2, 0.25) is 0 Å². The van der Waals surface area contributed by atoms with Gasteiger partial charge < -0.3 is 39.5 Å². The summed E-state index contributed by atoms with van der Waals surface area (Å²) in [6.07, 6.45) is 7.08. The number of rotatable bonds is 4. The summed E-state index contributed by atoms with van der Waals surface area (Å²) in [6.45, 7) is 8.53. The Morgan fingerprint density at radius 3 is 2.46 bits per heavy atom. The quantitative estimate of drug-likeness (QED) is 0.365. The zero-order valence-corrected chi connectivity index (χ0v) is 30.4. The van der Waals surface area contributed by atoms with E-state index in [1.54, 1.807) is 10.6 Å². The van der Waals surface area contributed by atoms with Gasteiger partial charge in [0.15, 0.2) is 23.1 Å². The molecule has 0 radical (unpaired) electrons. The molecule has 1 aromatic heterocycles. The molecule has 13 heteroatoms. The van der Waals surface area contributed by atoms with E-state index in [2.05, 4.69) is 11.8 Å². The molecular weight excluding hydrogens is 673 g/mol. The molecule has 8 atom stereocenters. The number of aliphatic hydroxyl groups is 3. The number of benzene rings is 1. The summed E-state index contributed by atoms with van der Waals surface area (Å²) in [5.74, 6) is -1.40. The smallest absolute Gasteiger partial charge is 0.341 e. The Bertz CT molecular complexity index is 1920. The molecule has 0 spiro atoms. The van der Waals surface area contributed by atoms with Gasteiger partial charge in [0.2, 0.25) is 5.43 Å². The van der Waals surface area contributed by atoms with Crippen LogP contribution in [0.3, 0.4) is 0 Å². The number of ether oxygens (including phenoxy) is 1. The SMILES string of the molecule is C[C@H]1COc2c(N3CCN(C)CC3)c(F)cc3c(=O)c(C(=O)O)cn1c23.C[C@]12CCC(=O)C=C1CC[C@@H]1[C@@H]2[C@@H](O)C[C@@]2(C)[C@H]1CC[C@]2(O)C(=O)CO. The van der Waals surface area contributed by atoms with Crippen LogP contribution in [0.1, 0.15) is 82.1 Å². The Morgan fingerprint density at radius 2 is 1.79 bits per heavy atom. The van der Waals surface area contributed by atoms with E-state index >= 15 is 0 Å². The number of anilines is 1. The first kappa shape index (κ1) is 36.7. The second-order valence-corrected chi connectivity index (χ2v) is 16.5. The average molecular weight is 724 g/mol. The lowest BCUT2D eigenvalue weighted by atomic mass is 9.45. The first-order valence-corrected chi connectivity index (χ1v) is 18.5. The van der Waals surface area contributed by atoms with Crippen molar-refractivity contribution in [2.45, 2.75) is 83.5 Å². The van der Waals surface area contributed by atoms with Crippen molar-refractivity contribution < 1.29 is 43.9 Å². The normalized spacial score (nSPS) is 35.4. The van der Waals surface area contributed by atoms with Crippen molar-refractivity contribution in [2.75, 3.05) is 51.3 Å². The lowest BCUT2D eigenvalue weighted by Gasteiger charge is -2.60. The molecule has 52 heavy (non-hydrogen) atoms. The van der Waals surface area contributed by atoms with Crippen LogP contribution in [0.5, 0.6) is 5.75 Å². The maximum atomic E-state index is 15.0. The number of aliphatic hydroxyl groups excluding tert-OH is 2. The minimum Gasteiger partial charge on any atom is -0.487 e. The van der Waals surface area contributed by atoms with E-state index in [4.69, 9.17) is 4.74 Å². The summed E-state index contributed by atoms with van der Waals surface area (Å²) in [5.41, 5.74) is -1.46. The van der Waals surface area contributed by atoms with E-state index in [0.717, 1.165) is 44.8 Å². The Hall–Kier alpha value is -3.65. The summed E-state index contributed by atoms with van der Waals surface area (Å²) in [7, 11) is 2.02. The molecule has 12 nitrogen and oxygen atoms in total. The van der Waals surface area contributed by atoms with Gasteiger partial charge in [0.05, 0.1) is 23.0 Å². The molecule has 3 saturated carbocycles. The fraction of sp³-hybridized carbons (Fsp3) is 0.641. The molecule has 8 rings (SSSR count). The van der Waals surface area contributed by atoms with Crippen LogP contribution in [0.15, 0.2) is 28.7 Å². The number of hydrogen-bond donors (Lipinski definition) is 4. The number of allylic oxidation sites excluding steroid dienone is 1. The number of carboxylic acids is 1. The molecule has 1 saturated heterocycles. The fourth-order valence-corrected chi connectivity index (χ4v) is 11.0. The third-order valence-electron chi connectivity index (χ3n) is 13.8. The second kappa shape index (κ2) is 13.0. The standard InChI is InChI=1S/C21H30O5.C18H20FN3O4/c1-19-7-5-13(23)9-12(19)3-4-14-15-6-8-21(26,17(25)11-22)20(15,2)10-16(24)18(14)19;1-10-9-26-17-14-11(16(23)12(18(24)25)8-22(10)14)7-13(19)15(17)21-5-3-20(2)4-6-21/h9,14-16,18,22,24,26H,3-8,10-11H2,1-2H3;7-8,10H,3-6,9H2,1-2H3,(H,24,25)/t14-,15-,16-,18+,19-,20-,21-;10-/m00/s1. The number of likely N-dealkylation sites (N-methyl/N-ethyl adjacent to an activating group) is 1. The minimum absolute atomic E-state index is 0.0434. The summed E-state index contributed by atoms with van der Waals surface area (Å²) >= 11 is 0. The van der Waals surface area contributed by atoms with Crippen molar-refractivity contribution in [3.05, 3.63) is 45.5 Å². The van der Waals surface area contributed by atoms with Gasteiger partial charge >= 0.3 is 5.97 Å². The summed E-state index contributed by atoms with van der Waals surface area (Å²) in [5, 5.41) is 41.1. The highest BCUT2D eigenvalue weighted by molar-refractivity contribution is 5.97. The zero-order chi connectivity index (χ0) is 37.5. The number of halogens is 1.